The van der Waals surface area contributed by atoms with Gasteiger partial charge >= 0.3 is 0 Å². The quantitative estimate of drug-likeness (QED) is 0.370. The number of carbonyl (C=O) groups is 1. The number of fused-ring (bicyclic) bond motifs is 10. The summed E-state index contributed by atoms with van der Waals surface area (Å²) in [6.45, 7) is 16.8. The number of hydrogen-bond acceptors (Lipinski definition) is 6. The molecule has 0 bridgehead atoms. The summed E-state index contributed by atoms with van der Waals surface area (Å²) >= 11 is 0. The Labute approximate surface area is 260 Å². The lowest BCUT2D eigenvalue weighted by atomic mass is 9.40. The zero-order valence-electron chi connectivity index (χ0n) is 27.6. The molecule has 3 aliphatic heterocycles. The fourth-order valence-corrected chi connectivity index (χ4v) is 12.5. The molecular formula is C37H49NO6. The Balaban J connectivity index is 1.16. The molecule has 5 fully saturated rings. The molecule has 2 aromatic rings. The van der Waals surface area contributed by atoms with E-state index < -0.39 is 27.8 Å². The Morgan fingerprint density at radius 2 is 1.70 bits per heavy atom. The molecule has 7 heteroatoms. The summed E-state index contributed by atoms with van der Waals surface area (Å²) in [4.78, 5) is 18.1. The summed E-state index contributed by atoms with van der Waals surface area (Å²) in [6.07, 6.45) is 5.03. The summed E-state index contributed by atoms with van der Waals surface area (Å²) in [5.41, 5.74) is 1.47. The van der Waals surface area contributed by atoms with Gasteiger partial charge in [0, 0.05) is 45.3 Å². The van der Waals surface area contributed by atoms with Crippen LogP contribution in [0, 0.1) is 23.2 Å². The van der Waals surface area contributed by atoms with E-state index in [1.165, 1.54) is 22.2 Å². The normalized spacial score (nSPS) is 47.6. The van der Waals surface area contributed by atoms with Crippen LogP contribution in [0.5, 0.6) is 0 Å². The van der Waals surface area contributed by atoms with Crippen LogP contribution in [0.3, 0.4) is 0 Å². The Bertz CT molecular complexity index is 1650. The van der Waals surface area contributed by atoms with E-state index >= 15 is 0 Å². The van der Waals surface area contributed by atoms with Crippen molar-refractivity contribution in [2.45, 2.75) is 152 Å². The van der Waals surface area contributed by atoms with E-state index in [9.17, 15) is 15.0 Å². The third-order valence-corrected chi connectivity index (χ3v) is 14.8. The molecule has 2 saturated carbocycles. The lowest BCUT2D eigenvalue weighted by Crippen LogP contribution is -2.75. The van der Waals surface area contributed by atoms with Crippen LogP contribution >= 0.6 is 0 Å². The third-order valence-electron chi connectivity index (χ3n) is 14.8. The molecule has 3 saturated heterocycles. The van der Waals surface area contributed by atoms with Crippen molar-refractivity contribution in [1.29, 1.82) is 0 Å². The van der Waals surface area contributed by atoms with Gasteiger partial charge in [-0.1, -0.05) is 13.8 Å². The molecule has 0 radical (unpaired) electrons. The smallest absolute Gasteiger partial charge is 0.169 e. The van der Waals surface area contributed by atoms with E-state index in [0.717, 1.165) is 43.2 Å². The highest BCUT2D eigenvalue weighted by Crippen LogP contribution is 2.75. The SMILES string of the molecule is CC1(C)OC(C)(C)C2C(=O)c3ccc4[nH]c5c(c4c3CC21)C[C@@H]1CC[C@]2(O)[C@](C)(CCC3O[C@H](C(C)(C)O)C[C@@H]4O[C@@]342)[C@@]51C. The van der Waals surface area contributed by atoms with Gasteiger partial charge in [0.05, 0.1) is 41.0 Å². The number of H-pyrrole nitrogens is 1. The van der Waals surface area contributed by atoms with Gasteiger partial charge in [0.15, 0.2) is 5.78 Å². The number of aromatic amines is 1. The number of ketones is 1. The second-order valence-corrected chi connectivity index (χ2v) is 17.7. The number of aromatic nitrogens is 1. The Morgan fingerprint density at radius 3 is 2.43 bits per heavy atom. The highest BCUT2D eigenvalue weighted by Gasteiger charge is 2.84. The predicted molar refractivity (Wildman–Crippen MR) is 166 cm³/mol. The molecule has 0 amide bonds. The fraction of sp³-hybridized carbons (Fsp3) is 0.757. The first-order valence-corrected chi connectivity index (χ1v) is 17.1. The molecule has 7 aliphatic rings. The number of aliphatic hydroxyl groups is 2. The van der Waals surface area contributed by atoms with Crippen LogP contribution in [0.15, 0.2) is 12.1 Å². The van der Waals surface area contributed by atoms with Crippen LogP contribution in [-0.4, -0.2) is 67.3 Å². The first kappa shape index (κ1) is 28.5. The van der Waals surface area contributed by atoms with Crippen LogP contribution < -0.4 is 0 Å². The van der Waals surface area contributed by atoms with Crippen LogP contribution in [-0.2, 0) is 32.5 Å². The van der Waals surface area contributed by atoms with E-state index in [4.69, 9.17) is 14.2 Å². The Hall–Kier alpha value is -1.77. The van der Waals surface area contributed by atoms with Crippen LogP contribution in [0.1, 0.15) is 115 Å². The van der Waals surface area contributed by atoms with Gasteiger partial charge in [0.25, 0.3) is 0 Å². The molecule has 1 aromatic carbocycles. The highest BCUT2D eigenvalue weighted by atomic mass is 16.7. The monoisotopic (exact) mass is 603 g/mol. The molecule has 4 heterocycles. The molecule has 1 aromatic heterocycles. The van der Waals surface area contributed by atoms with Gasteiger partial charge in [-0.05, 0) is 109 Å². The van der Waals surface area contributed by atoms with Crippen molar-refractivity contribution in [2.24, 2.45) is 23.2 Å². The molecule has 238 valence electrons. The lowest BCUT2D eigenvalue weighted by Gasteiger charge is -2.66. The maximum Gasteiger partial charge on any atom is 0.169 e. The van der Waals surface area contributed by atoms with Gasteiger partial charge in [0.2, 0.25) is 0 Å². The van der Waals surface area contributed by atoms with Crippen molar-refractivity contribution < 1.29 is 29.2 Å². The molecule has 10 atom stereocenters. The minimum atomic E-state index is -1.04. The van der Waals surface area contributed by atoms with Crippen LogP contribution in [0.2, 0.25) is 0 Å². The van der Waals surface area contributed by atoms with E-state index in [0.29, 0.717) is 18.8 Å². The van der Waals surface area contributed by atoms with E-state index in [2.05, 4.69) is 52.6 Å². The first-order valence-electron chi connectivity index (χ1n) is 17.1. The van der Waals surface area contributed by atoms with E-state index in [1.807, 2.05) is 19.9 Å². The number of ether oxygens (including phenoxy) is 3. The first-order chi connectivity index (χ1) is 20.4. The number of benzene rings is 1. The summed E-state index contributed by atoms with van der Waals surface area (Å²) in [7, 11) is 0. The topological polar surface area (TPSA) is 104 Å². The maximum atomic E-state index is 14.2. The van der Waals surface area contributed by atoms with Gasteiger partial charge in [-0.2, -0.15) is 0 Å². The number of hydrogen-bond donors (Lipinski definition) is 3. The van der Waals surface area contributed by atoms with Gasteiger partial charge < -0.3 is 29.4 Å². The summed E-state index contributed by atoms with van der Waals surface area (Å²) in [6, 6.07) is 4.17. The van der Waals surface area contributed by atoms with Crippen LogP contribution in [0.4, 0.5) is 0 Å². The highest BCUT2D eigenvalue weighted by molar-refractivity contribution is 6.06. The number of Topliss-reactive ketones (excluding diaryl/α,β-unsaturated/α-hetero) is 1. The molecule has 3 N–H and O–H groups in total. The van der Waals surface area contributed by atoms with Gasteiger partial charge in [-0.15, -0.1) is 0 Å². The molecule has 3 unspecified atom stereocenters. The lowest BCUT2D eigenvalue weighted by molar-refractivity contribution is -0.270. The number of nitrogens with one attached hydrogen (secondary N) is 1. The van der Waals surface area contributed by atoms with Crippen molar-refractivity contribution in [3.05, 3.63) is 34.5 Å². The molecule has 44 heavy (non-hydrogen) atoms. The second-order valence-electron chi connectivity index (χ2n) is 17.7. The number of rotatable bonds is 1. The fourth-order valence-electron chi connectivity index (χ4n) is 12.5. The zero-order chi connectivity index (χ0) is 31.2. The van der Waals surface area contributed by atoms with E-state index in [-0.39, 0.29) is 46.9 Å². The largest absolute Gasteiger partial charge is 0.388 e. The average molecular weight is 604 g/mol. The molecule has 1 spiro atoms. The average Bonchev–Trinajstić information content (AvgIpc) is 3.39. The van der Waals surface area contributed by atoms with Crippen molar-refractivity contribution in [1.82, 2.24) is 4.98 Å². The van der Waals surface area contributed by atoms with Gasteiger partial charge in [-0.3, -0.25) is 4.79 Å². The van der Waals surface area contributed by atoms with Gasteiger partial charge in [-0.25, -0.2) is 0 Å². The van der Waals surface area contributed by atoms with Crippen molar-refractivity contribution in [2.75, 3.05) is 0 Å². The summed E-state index contributed by atoms with van der Waals surface area (Å²) in [5, 5.41) is 25.1. The minimum absolute atomic E-state index is 0.0988. The van der Waals surface area contributed by atoms with Crippen molar-refractivity contribution >= 4 is 16.7 Å². The molecule has 9 rings (SSSR count). The molecular weight excluding hydrogens is 554 g/mol. The van der Waals surface area contributed by atoms with Gasteiger partial charge in [0.1, 0.15) is 11.2 Å². The zero-order valence-corrected chi connectivity index (χ0v) is 27.6. The minimum Gasteiger partial charge on any atom is -0.388 e. The number of carbonyl (C=O) groups excluding carboxylic acids is 1. The third kappa shape index (κ3) is 2.94. The predicted octanol–water partition coefficient (Wildman–Crippen LogP) is 5.55. The summed E-state index contributed by atoms with van der Waals surface area (Å²) < 4.78 is 19.7. The van der Waals surface area contributed by atoms with E-state index in [1.54, 1.807) is 0 Å². The molecule has 7 nitrogen and oxygen atoms in total. The Morgan fingerprint density at radius 1 is 0.955 bits per heavy atom. The van der Waals surface area contributed by atoms with Crippen molar-refractivity contribution in [3.63, 3.8) is 0 Å². The standard InChI is InChI=1S/C37H49NO6/c1-31(2,40)25-17-26-37(43-26)24(42-25)12-13-34(7)35(8)18(11-14-36(34,37)41)15-21-27-20-16-22-28(33(5,6)44-32(22,3)4)29(39)19(20)9-10-23(27)38-30(21)35/h9-10,18,22,24-26,28,38,40-41H,11-17H2,1-8H3/t18-,22?,24?,25-,26-,28?,34+,35+,36-,37-/m0/s1. The molecule has 4 aliphatic carbocycles. The maximum absolute atomic E-state index is 14.2. The number of epoxide rings is 1. The Kier molecular flexibility index (Phi) is 5.07. The second kappa shape index (κ2) is 7.84. The van der Waals surface area contributed by atoms with Crippen molar-refractivity contribution in [3.8, 4) is 0 Å². The summed E-state index contributed by atoms with van der Waals surface area (Å²) in [5.74, 6) is 0.610. The van der Waals surface area contributed by atoms with Crippen LogP contribution in [0.25, 0.3) is 10.9 Å².